The van der Waals surface area contributed by atoms with Crippen LogP contribution in [0.25, 0.3) is 5.57 Å². The maximum absolute atomic E-state index is 5.27. The van der Waals surface area contributed by atoms with Gasteiger partial charge in [0.25, 0.3) is 0 Å². The molecule has 0 N–H and O–H groups in total. The molecule has 0 amide bonds. The summed E-state index contributed by atoms with van der Waals surface area (Å²) in [4.78, 5) is 2.23. The van der Waals surface area contributed by atoms with E-state index < -0.39 is 0 Å². The number of methoxy groups -OCH3 is 1. The quantitative estimate of drug-likeness (QED) is 0.747. The highest BCUT2D eigenvalue weighted by Gasteiger charge is 2.14. The molecular weight excluding hydrogens is 258 g/mol. The fraction of sp³-hybridized carbons (Fsp3) is 0.500. The van der Waals surface area contributed by atoms with Crippen LogP contribution < -0.4 is 4.74 Å². The van der Waals surface area contributed by atoms with E-state index in [1.165, 1.54) is 24.0 Å². The lowest BCUT2D eigenvalue weighted by Crippen LogP contribution is -2.22. The van der Waals surface area contributed by atoms with Crippen LogP contribution in [-0.2, 0) is 0 Å². The molecule has 0 spiro atoms. The first-order valence-corrected chi connectivity index (χ1v) is 6.56. The van der Waals surface area contributed by atoms with Crippen LogP contribution in [0.3, 0.4) is 0 Å². The fourth-order valence-corrected chi connectivity index (χ4v) is 2.22. The first-order chi connectivity index (χ1) is 8.58. The van der Waals surface area contributed by atoms with Crippen molar-refractivity contribution in [2.24, 2.45) is 5.92 Å². The van der Waals surface area contributed by atoms with E-state index in [0.29, 0.717) is 5.92 Å². The zero-order valence-electron chi connectivity index (χ0n) is 12.5. The molecule has 0 saturated carbocycles. The third-order valence-electron chi connectivity index (χ3n) is 3.16. The van der Waals surface area contributed by atoms with Crippen molar-refractivity contribution in [1.29, 1.82) is 0 Å². The second-order valence-electron chi connectivity index (χ2n) is 5.01. The summed E-state index contributed by atoms with van der Waals surface area (Å²) in [7, 11) is 5.92. The predicted octanol–water partition coefficient (Wildman–Crippen LogP) is 4.11. The number of halogens is 1. The van der Waals surface area contributed by atoms with Crippen molar-refractivity contribution in [2.75, 3.05) is 27.7 Å². The van der Waals surface area contributed by atoms with Gasteiger partial charge in [-0.05, 0) is 49.7 Å². The highest BCUT2D eigenvalue weighted by Crippen LogP contribution is 2.28. The molecule has 0 saturated heterocycles. The van der Waals surface area contributed by atoms with Gasteiger partial charge in [-0.2, -0.15) is 0 Å². The molecule has 3 heteroatoms. The average molecular weight is 284 g/mol. The highest BCUT2D eigenvalue weighted by atomic mass is 35.5. The fourth-order valence-electron chi connectivity index (χ4n) is 2.22. The van der Waals surface area contributed by atoms with E-state index in [4.69, 9.17) is 4.74 Å². The van der Waals surface area contributed by atoms with Crippen molar-refractivity contribution < 1.29 is 4.74 Å². The van der Waals surface area contributed by atoms with Crippen molar-refractivity contribution >= 4 is 18.0 Å². The van der Waals surface area contributed by atoms with Gasteiger partial charge in [0.1, 0.15) is 5.75 Å². The minimum atomic E-state index is 0. The van der Waals surface area contributed by atoms with Crippen molar-refractivity contribution in [2.45, 2.75) is 19.8 Å². The maximum Gasteiger partial charge on any atom is 0.119 e. The highest BCUT2D eigenvalue weighted by molar-refractivity contribution is 5.85. The number of ether oxygens (including phenoxy) is 1. The Morgan fingerprint density at radius 3 is 2.58 bits per heavy atom. The Bertz CT molecular complexity index is 390. The van der Waals surface area contributed by atoms with Gasteiger partial charge in [0.2, 0.25) is 0 Å². The molecule has 1 unspecified atom stereocenters. The van der Waals surface area contributed by atoms with E-state index in [1.807, 2.05) is 12.1 Å². The Balaban J connectivity index is 0.00000324. The molecule has 0 aromatic heterocycles. The molecule has 1 aromatic rings. The van der Waals surface area contributed by atoms with Gasteiger partial charge in [0, 0.05) is 6.54 Å². The lowest BCUT2D eigenvalue weighted by molar-refractivity contribution is 0.353. The minimum absolute atomic E-state index is 0. The van der Waals surface area contributed by atoms with E-state index >= 15 is 0 Å². The molecule has 0 heterocycles. The Labute approximate surface area is 123 Å². The van der Waals surface area contributed by atoms with Crippen molar-refractivity contribution in [3.63, 3.8) is 0 Å². The number of nitrogens with zero attached hydrogens (tertiary/aromatic N) is 1. The summed E-state index contributed by atoms with van der Waals surface area (Å²) in [6.45, 7) is 7.56. The van der Waals surface area contributed by atoms with Crippen LogP contribution in [0.2, 0.25) is 0 Å². The molecule has 1 rings (SSSR count). The van der Waals surface area contributed by atoms with Crippen LogP contribution in [0, 0.1) is 5.92 Å². The summed E-state index contributed by atoms with van der Waals surface area (Å²) < 4.78 is 5.27. The van der Waals surface area contributed by atoms with E-state index in [9.17, 15) is 0 Å². The third-order valence-corrected chi connectivity index (χ3v) is 3.16. The van der Waals surface area contributed by atoms with Crippen LogP contribution in [0.15, 0.2) is 30.8 Å². The normalized spacial score (nSPS) is 11.8. The van der Waals surface area contributed by atoms with Gasteiger partial charge in [-0.1, -0.05) is 32.1 Å². The summed E-state index contributed by atoms with van der Waals surface area (Å²) in [5.41, 5.74) is 2.40. The second kappa shape index (κ2) is 9.00. The molecule has 2 nitrogen and oxygen atoms in total. The average Bonchev–Trinajstić information content (AvgIpc) is 2.37. The lowest BCUT2D eigenvalue weighted by Gasteiger charge is -2.23. The Hall–Kier alpha value is -0.990. The van der Waals surface area contributed by atoms with Gasteiger partial charge in [0.15, 0.2) is 0 Å². The van der Waals surface area contributed by atoms with Crippen LogP contribution in [0.5, 0.6) is 5.75 Å². The van der Waals surface area contributed by atoms with Crippen LogP contribution >= 0.6 is 12.4 Å². The monoisotopic (exact) mass is 283 g/mol. The molecule has 0 aliphatic carbocycles. The van der Waals surface area contributed by atoms with Crippen molar-refractivity contribution in [1.82, 2.24) is 4.90 Å². The van der Waals surface area contributed by atoms with Crippen LogP contribution in [0.4, 0.5) is 0 Å². The van der Waals surface area contributed by atoms with Gasteiger partial charge >= 0.3 is 0 Å². The van der Waals surface area contributed by atoms with Crippen molar-refractivity contribution in [3.05, 3.63) is 36.4 Å². The summed E-state index contributed by atoms with van der Waals surface area (Å²) in [6.07, 6.45) is 2.36. The summed E-state index contributed by atoms with van der Waals surface area (Å²) in [6, 6.07) is 8.18. The molecule has 0 aliphatic heterocycles. The predicted molar refractivity (Wildman–Crippen MR) is 86.2 cm³/mol. The minimum Gasteiger partial charge on any atom is -0.497 e. The molecule has 0 radical (unpaired) electrons. The van der Waals surface area contributed by atoms with Gasteiger partial charge in [-0.25, -0.2) is 0 Å². The largest absolute Gasteiger partial charge is 0.497 e. The Morgan fingerprint density at radius 1 is 1.37 bits per heavy atom. The second-order valence-corrected chi connectivity index (χ2v) is 5.01. The molecule has 0 fully saturated rings. The van der Waals surface area contributed by atoms with Crippen molar-refractivity contribution in [3.8, 4) is 5.75 Å². The van der Waals surface area contributed by atoms with Gasteiger partial charge in [0.05, 0.1) is 7.11 Å². The van der Waals surface area contributed by atoms with Gasteiger partial charge in [-0.3, -0.25) is 0 Å². The SMILES string of the molecule is C=C(c1cccc(OC)c1)C(CCC)CN(C)C.Cl. The molecule has 0 bridgehead atoms. The zero-order chi connectivity index (χ0) is 13.5. The van der Waals surface area contributed by atoms with E-state index in [1.54, 1.807) is 7.11 Å². The van der Waals surface area contributed by atoms with E-state index in [2.05, 4.69) is 44.6 Å². The standard InChI is InChI=1S/C16H25NO.ClH/c1-6-8-15(12-17(3)4)13(2)14-9-7-10-16(11-14)18-5;/h7,9-11,15H,2,6,8,12H2,1,3-5H3;1H. The summed E-state index contributed by atoms with van der Waals surface area (Å²) >= 11 is 0. The Kier molecular flexibility index (Phi) is 8.53. The Morgan fingerprint density at radius 2 is 2.05 bits per heavy atom. The molecule has 0 aliphatic rings. The topological polar surface area (TPSA) is 12.5 Å². The molecule has 1 atom stereocenters. The van der Waals surface area contributed by atoms with E-state index in [-0.39, 0.29) is 12.4 Å². The smallest absolute Gasteiger partial charge is 0.119 e. The lowest BCUT2D eigenvalue weighted by atomic mass is 9.90. The van der Waals surface area contributed by atoms with Crippen LogP contribution in [-0.4, -0.2) is 32.6 Å². The molecule has 108 valence electrons. The number of benzene rings is 1. The van der Waals surface area contributed by atoms with E-state index in [0.717, 1.165) is 12.3 Å². The molecular formula is C16H26ClNO. The van der Waals surface area contributed by atoms with Gasteiger partial charge in [-0.15, -0.1) is 12.4 Å². The first-order valence-electron chi connectivity index (χ1n) is 6.56. The molecule has 19 heavy (non-hydrogen) atoms. The number of rotatable bonds is 7. The zero-order valence-corrected chi connectivity index (χ0v) is 13.3. The number of hydrogen-bond acceptors (Lipinski definition) is 2. The van der Waals surface area contributed by atoms with Crippen LogP contribution in [0.1, 0.15) is 25.3 Å². The molecule has 1 aromatic carbocycles. The number of hydrogen-bond donors (Lipinski definition) is 0. The summed E-state index contributed by atoms with van der Waals surface area (Å²) in [5.74, 6) is 1.41. The first kappa shape index (κ1) is 18.0. The van der Waals surface area contributed by atoms with Gasteiger partial charge < -0.3 is 9.64 Å². The summed E-state index contributed by atoms with van der Waals surface area (Å²) in [5, 5.41) is 0. The third kappa shape index (κ3) is 5.66. The maximum atomic E-state index is 5.27.